The predicted octanol–water partition coefficient (Wildman–Crippen LogP) is 1.13. The highest BCUT2D eigenvalue weighted by atomic mass is 16.2. The van der Waals surface area contributed by atoms with Crippen LogP contribution < -0.4 is 10.6 Å². The maximum Gasteiger partial charge on any atom is 0.227 e. The molecular formula is C14H21N3O. The first-order chi connectivity index (χ1) is 8.77. The zero-order valence-corrected chi connectivity index (χ0v) is 10.9. The van der Waals surface area contributed by atoms with Crippen LogP contribution in [-0.2, 0) is 11.2 Å². The molecule has 98 valence electrons. The van der Waals surface area contributed by atoms with E-state index in [2.05, 4.69) is 15.6 Å². The van der Waals surface area contributed by atoms with Crippen molar-refractivity contribution in [2.75, 3.05) is 20.1 Å². The van der Waals surface area contributed by atoms with Crippen LogP contribution in [0.15, 0.2) is 24.5 Å². The average molecular weight is 247 g/mol. The molecule has 1 heterocycles. The summed E-state index contributed by atoms with van der Waals surface area (Å²) in [5.41, 5.74) is 1.06. The first-order valence-corrected chi connectivity index (χ1v) is 6.59. The summed E-state index contributed by atoms with van der Waals surface area (Å²) in [4.78, 5) is 16.1. The lowest BCUT2D eigenvalue weighted by atomic mass is 9.68. The lowest BCUT2D eigenvalue weighted by Gasteiger charge is -2.40. The Bertz CT molecular complexity index is 387. The van der Waals surface area contributed by atoms with E-state index >= 15 is 0 Å². The van der Waals surface area contributed by atoms with Crippen LogP contribution in [-0.4, -0.2) is 31.0 Å². The number of rotatable bonds is 6. The molecule has 1 aromatic rings. The maximum absolute atomic E-state index is 12.2. The van der Waals surface area contributed by atoms with Crippen LogP contribution in [0, 0.1) is 5.41 Å². The number of nitrogens with one attached hydrogen (secondary N) is 2. The molecule has 0 atom stereocenters. The summed E-state index contributed by atoms with van der Waals surface area (Å²) < 4.78 is 0. The van der Waals surface area contributed by atoms with E-state index in [1.165, 1.54) is 12.0 Å². The van der Waals surface area contributed by atoms with Crippen LogP contribution in [0.2, 0.25) is 0 Å². The molecule has 0 unspecified atom stereocenters. The van der Waals surface area contributed by atoms with Gasteiger partial charge >= 0.3 is 0 Å². The van der Waals surface area contributed by atoms with Gasteiger partial charge in [-0.25, -0.2) is 0 Å². The molecule has 0 radical (unpaired) electrons. The first-order valence-electron chi connectivity index (χ1n) is 6.59. The van der Waals surface area contributed by atoms with Crippen LogP contribution in [0.5, 0.6) is 0 Å². The molecule has 1 aromatic heterocycles. The van der Waals surface area contributed by atoms with E-state index in [1.807, 2.05) is 19.2 Å². The lowest BCUT2D eigenvalue weighted by molar-refractivity contribution is -0.135. The first kappa shape index (κ1) is 13.0. The molecule has 2 N–H and O–H groups in total. The van der Waals surface area contributed by atoms with Crippen molar-refractivity contribution in [3.8, 4) is 0 Å². The summed E-state index contributed by atoms with van der Waals surface area (Å²) in [5.74, 6) is 0.206. The Morgan fingerprint density at radius 3 is 2.67 bits per heavy atom. The van der Waals surface area contributed by atoms with Gasteiger partial charge in [0.15, 0.2) is 0 Å². The highest BCUT2D eigenvalue weighted by molar-refractivity contribution is 5.83. The maximum atomic E-state index is 12.2. The number of pyridine rings is 1. The van der Waals surface area contributed by atoms with Crippen molar-refractivity contribution in [2.24, 2.45) is 5.41 Å². The van der Waals surface area contributed by atoms with E-state index in [9.17, 15) is 4.79 Å². The third-order valence-electron chi connectivity index (χ3n) is 3.76. The van der Waals surface area contributed by atoms with Gasteiger partial charge in [0, 0.05) is 25.5 Å². The van der Waals surface area contributed by atoms with Crippen LogP contribution in [0.25, 0.3) is 0 Å². The van der Waals surface area contributed by atoms with Gasteiger partial charge in [0.2, 0.25) is 5.91 Å². The van der Waals surface area contributed by atoms with Crippen LogP contribution in [0.3, 0.4) is 0 Å². The molecule has 1 fully saturated rings. The number of carbonyl (C=O) groups is 1. The largest absolute Gasteiger partial charge is 0.355 e. The minimum Gasteiger partial charge on any atom is -0.355 e. The summed E-state index contributed by atoms with van der Waals surface area (Å²) >= 11 is 0. The van der Waals surface area contributed by atoms with E-state index in [-0.39, 0.29) is 11.3 Å². The molecule has 4 nitrogen and oxygen atoms in total. The second kappa shape index (κ2) is 5.96. The van der Waals surface area contributed by atoms with Gasteiger partial charge in [-0.05, 0) is 44.0 Å². The van der Waals surface area contributed by atoms with Crippen LogP contribution in [0.4, 0.5) is 0 Å². The van der Waals surface area contributed by atoms with Gasteiger partial charge in [-0.2, -0.15) is 0 Å². The molecule has 1 amide bonds. The topological polar surface area (TPSA) is 54.0 Å². The van der Waals surface area contributed by atoms with Crippen molar-refractivity contribution in [1.29, 1.82) is 0 Å². The van der Waals surface area contributed by atoms with Crippen LogP contribution in [0.1, 0.15) is 24.8 Å². The molecule has 0 bridgehead atoms. The molecule has 1 aliphatic carbocycles. The molecule has 0 saturated heterocycles. The van der Waals surface area contributed by atoms with Gasteiger partial charge in [-0.3, -0.25) is 9.78 Å². The van der Waals surface area contributed by atoms with Crippen molar-refractivity contribution in [1.82, 2.24) is 15.6 Å². The Morgan fingerprint density at radius 2 is 2.11 bits per heavy atom. The summed E-state index contributed by atoms with van der Waals surface area (Å²) in [5, 5.41) is 6.19. The third-order valence-corrected chi connectivity index (χ3v) is 3.76. The fourth-order valence-electron chi connectivity index (χ4n) is 2.48. The Balaban J connectivity index is 1.78. The standard InChI is InChI=1S/C14H21N3O/c1-15-11-14(6-2-7-14)13(18)17-10-5-12-3-8-16-9-4-12/h3-4,8-9,15H,2,5-7,10-11H2,1H3,(H,17,18). The SMILES string of the molecule is CNCC1(C(=O)NCCc2ccncc2)CCC1. The number of aromatic nitrogens is 1. The number of hydrogen-bond acceptors (Lipinski definition) is 3. The summed E-state index contributed by atoms with van der Waals surface area (Å²) in [6.45, 7) is 1.49. The van der Waals surface area contributed by atoms with Crippen molar-refractivity contribution >= 4 is 5.91 Å². The van der Waals surface area contributed by atoms with Crippen molar-refractivity contribution in [2.45, 2.75) is 25.7 Å². The molecule has 0 aliphatic heterocycles. The number of hydrogen-bond donors (Lipinski definition) is 2. The summed E-state index contributed by atoms with van der Waals surface area (Å²) in [6, 6.07) is 3.97. The molecule has 1 saturated carbocycles. The van der Waals surface area contributed by atoms with Gasteiger partial charge in [0.1, 0.15) is 0 Å². The van der Waals surface area contributed by atoms with Gasteiger partial charge in [0.25, 0.3) is 0 Å². The van der Waals surface area contributed by atoms with Crippen molar-refractivity contribution in [3.63, 3.8) is 0 Å². The number of carbonyl (C=O) groups excluding carboxylic acids is 1. The smallest absolute Gasteiger partial charge is 0.227 e. The Labute approximate surface area is 108 Å². The third kappa shape index (κ3) is 2.88. The van der Waals surface area contributed by atoms with E-state index in [0.717, 1.165) is 25.8 Å². The fraction of sp³-hybridized carbons (Fsp3) is 0.571. The number of nitrogens with zero attached hydrogens (tertiary/aromatic N) is 1. The normalized spacial score (nSPS) is 16.9. The zero-order chi connectivity index (χ0) is 12.8. The fourth-order valence-corrected chi connectivity index (χ4v) is 2.48. The Hall–Kier alpha value is -1.42. The van der Waals surface area contributed by atoms with Crippen LogP contribution >= 0.6 is 0 Å². The van der Waals surface area contributed by atoms with E-state index < -0.39 is 0 Å². The predicted molar refractivity (Wildman–Crippen MR) is 71.2 cm³/mol. The molecule has 2 rings (SSSR count). The van der Waals surface area contributed by atoms with E-state index in [0.29, 0.717) is 6.54 Å². The second-order valence-electron chi connectivity index (χ2n) is 5.03. The quantitative estimate of drug-likeness (QED) is 0.792. The van der Waals surface area contributed by atoms with Gasteiger partial charge in [-0.1, -0.05) is 6.42 Å². The molecule has 0 spiro atoms. The van der Waals surface area contributed by atoms with Gasteiger partial charge in [-0.15, -0.1) is 0 Å². The average Bonchev–Trinajstić information content (AvgIpc) is 2.35. The highest BCUT2D eigenvalue weighted by Gasteiger charge is 2.43. The zero-order valence-electron chi connectivity index (χ0n) is 10.9. The molecule has 4 heteroatoms. The molecule has 1 aliphatic rings. The second-order valence-corrected chi connectivity index (χ2v) is 5.03. The molecular weight excluding hydrogens is 226 g/mol. The monoisotopic (exact) mass is 247 g/mol. The highest BCUT2D eigenvalue weighted by Crippen LogP contribution is 2.40. The minimum atomic E-state index is -0.146. The molecule has 0 aromatic carbocycles. The summed E-state index contributed by atoms with van der Waals surface area (Å²) in [7, 11) is 1.91. The molecule has 18 heavy (non-hydrogen) atoms. The van der Waals surface area contributed by atoms with Crippen molar-refractivity contribution in [3.05, 3.63) is 30.1 Å². The minimum absolute atomic E-state index is 0.146. The van der Waals surface area contributed by atoms with E-state index in [1.54, 1.807) is 12.4 Å². The van der Waals surface area contributed by atoms with E-state index in [4.69, 9.17) is 0 Å². The number of amides is 1. The lowest BCUT2D eigenvalue weighted by Crippen LogP contribution is -2.51. The summed E-state index contributed by atoms with van der Waals surface area (Å²) in [6.07, 6.45) is 7.62. The van der Waals surface area contributed by atoms with Gasteiger partial charge < -0.3 is 10.6 Å². The Kier molecular flexibility index (Phi) is 4.31. The van der Waals surface area contributed by atoms with Crippen molar-refractivity contribution < 1.29 is 4.79 Å². The van der Waals surface area contributed by atoms with Gasteiger partial charge in [0.05, 0.1) is 5.41 Å². The Morgan fingerprint density at radius 1 is 1.39 bits per heavy atom.